The highest BCUT2D eigenvalue weighted by Gasteiger charge is 2.32. The first-order valence-corrected chi connectivity index (χ1v) is 9.11. The van der Waals surface area contributed by atoms with Crippen molar-refractivity contribution in [3.63, 3.8) is 0 Å². The molecule has 0 saturated heterocycles. The number of benzene rings is 2. The van der Waals surface area contributed by atoms with Crippen LogP contribution in [0.2, 0.25) is 0 Å². The molecule has 7 nitrogen and oxygen atoms in total. The van der Waals surface area contributed by atoms with Crippen LogP contribution in [0.3, 0.4) is 0 Å². The molecule has 8 heteroatoms. The number of nitrogens with zero attached hydrogens (tertiary/aromatic N) is 3. The molecule has 4 rings (SSSR count). The molecule has 1 aliphatic carbocycles. The van der Waals surface area contributed by atoms with Crippen LogP contribution >= 0.6 is 11.8 Å². The zero-order valence-electron chi connectivity index (χ0n) is 14.7. The number of fused-ring (bicyclic) bond motifs is 1. The summed E-state index contributed by atoms with van der Waals surface area (Å²) >= 11 is 1.17. The third-order valence-corrected chi connectivity index (χ3v) is 5.52. The second-order valence-corrected chi connectivity index (χ2v) is 7.18. The van der Waals surface area contributed by atoms with Crippen molar-refractivity contribution < 1.29 is 14.5 Å². The Kier molecular flexibility index (Phi) is 4.40. The summed E-state index contributed by atoms with van der Waals surface area (Å²) < 4.78 is 1.76. The number of imidazole rings is 1. The van der Waals surface area contributed by atoms with Crippen LogP contribution in [0.5, 0.6) is 0 Å². The Hall–Kier alpha value is -3.52. The highest BCUT2D eigenvalue weighted by Crippen LogP contribution is 2.35. The maximum atomic E-state index is 12.5. The molecule has 0 fully saturated rings. The van der Waals surface area contributed by atoms with Crippen molar-refractivity contribution in [2.45, 2.75) is 10.1 Å². The van der Waals surface area contributed by atoms with E-state index in [0.717, 1.165) is 0 Å². The van der Waals surface area contributed by atoms with Gasteiger partial charge >= 0.3 is 0 Å². The number of nitro benzene ring substituents is 1. The van der Waals surface area contributed by atoms with Gasteiger partial charge in [-0.1, -0.05) is 30.3 Å². The zero-order chi connectivity index (χ0) is 19.8. The molecule has 0 N–H and O–H groups in total. The van der Waals surface area contributed by atoms with E-state index in [9.17, 15) is 19.7 Å². The van der Waals surface area contributed by atoms with Crippen LogP contribution in [-0.4, -0.2) is 26.0 Å². The summed E-state index contributed by atoms with van der Waals surface area (Å²) in [5.74, 6) is -0.732. The molecular weight excluding hydrogens is 378 g/mol. The van der Waals surface area contributed by atoms with Crippen LogP contribution in [0.25, 0.3) is 6.08 Å². The fourth-order valence-corrected chi connectivity index (χ4v) is 3.86. The second-order valence-electron chi connectivity index (χ2n) is 6.17. The van der Waals surface area contributed by atoms with E-state index in [1.165, 1.54) is 23.9 Å². The third-order valence-electron chi connectivity index (χ3n) is 4.37. The predicted octanol–water partition coefficient (Wildman–Crippen LogP) is 3.94. The number of nitro groups is 1. The van der Waals surface area contributed by atoms with Crippen molar-refractivity contribution in [2.75, 3.05) is 0 Å². The van der Waals surface area contributed by atoms with E-state index in [4.69, 9.17) is 0 Å². The highest BCUT2D eigenvalue weighted by atomic mass is 32.2. The predicted molar refractivity (Wildman–Crippen MR) is 104 cm³/mol. The molecule has 0 atom stereocenters. The Morgan fingerprint density at radius 3 is 2.36 bits per heavy atom. The molecular formula is C20H13N3O4S. The molecule has 2 aromatic carbocycles. The molecule has 1 aromatic heterocycles. The summed E-state index contributed by atoms with van der Waals surface area (Å²) in [5, 5.41) is 12.2. The quantitative estimate of drug-likeness (QED) is 0.289. The van der Waals surface area contributed by atoms with Gasteiger partial charge in [0.25, 0.3) is 5.69 Å². The number of carbonyl (C=O) groups is 2. The van der Waals surface area contributed by atoms with Gasteiger partial charge in [-0.2, -0.15) is 0 Å². The van der Waals surface area contributed by atoms with Crippen LogP contribution in [-0.2, 0) is 7.05 Å². The topological polar surface area (TPSA) is 95.1 Å². The van der Waals surface area contributed by atoms with Crippen molar-refractivity contribution in [2.24, 2.45) is 7.05 Å². The van der Waals surface area contributed by atoms with Gasteiger partial charge in [0.15, 0.2) is 16.7 Å². The van der Waals surface area contributed by atoms with Gasteiger partial charge in [0.05, 0.1) is 15.4 Å². The van der Waals surface area contributed by atoms with Crippen molar-refractivity contribution >= 4 is 35.1 Å². The van der Waals surface area contributed by atoms with E-state index in [0.29, 0.717) is 26.7 Å². The second kappa shape index (κ2) is 6.90. The average molecular weight is 391 g/mol. The maximum absolute atomic E-state index is 12.5. The Labute approximate surface area is 163 Å². The molecule has 0 amide bonds. The molecule has 3 aromatic rings. The Morgan fingerprint density at radius 2 is 1.79 bits per heavy atom. The van der Waals surface area contributed by atoms with E-state index in [1.54, 1.807) is 60.4 Å². The van der Waals surface area contributed by atoms with Gasteiger partial charge in [-0.25, -0.2) is 4.98 Å². The fourth-order valence-electron chi connectivity index (χ4n) is 2.97. The van der Waals surface area contributed by atoms with Gasteiger partial charge in [-0.3, -0.25) is 19.7 Å². The summed E-state index contributed by atoms with van der Waals surface area (Å²) in [6, 6.07) is 11.2. The Balaban J connectivity index is 1.72. The molecule has 1 aliphatic rings. The number of hydrogen-bond acceptors (Lipinski definition) is 6. The van der Waals surface area contributed by atoms with Crippen LogP contribution in [0, 0.1) is 10.1 Å². The lowest BCUT2D eigenvalue weighted by atomic mass is 10.1. The summed E-state index contributed by atoms with van der Waals surface area (Å²) in [7, 11) is 1.80. The van der Waals surface area contributed by atoms with Gasteiger partial charge in [-0.05, 0) is 29.5 Å². The summed E-state index contributed by atoms with van der Waals surface area (Å²) in [5.41, 5.74) is 1.03. The Bertz CT molecular complexity index is 1140. The molecule has 0 spiro atoms. The molecule has 0 radical (unpaired) electrons. The number of rotatable bonds is 4. The first-order valence-electron chi connectivity index (χ1n) is 8.29. The molecule has 28 heavy (non-hydrogen) atoms. The molecule has 1 heterocycles. The first-order chi connectivity index (χ1) is 13.5. The summed E-state index contributed by atoms with van der Waals surface area (Å²) in [6.07, 6.45) is 4.77. The minimum atomic E-state index is -0.486. The van der Waals surface area contributed by atoms with Crippen LogP contribution in [0.15, 0.2) is 70.5 Å². The number of ketones is 2. The summed E-state index contributed by atoms with van der Waals surface area (Å²) in [4.78, 5) is 40.7. The Morgan fingerprint density at radius 1 is 1.11 bits per heavy atom. The molecule has 0 aliphatic heterocycles. The van der Waals surface area contributed by atoms with E-state index in [1.807, 2.05) is 0 Å². The number of carbonyl (C=O) groups excluding carboxylic acids is 2. The fraction of sp³-hybridized carbons (Fsp3) is 0.0500. The first kappa shape index (κ1) is 17.9. The van der Waals surface area contributed by atoms with E-state index in [-0.39, 0.29) is 22.8 Å². The van der Waals surface area contributed by atoms with E-state index >= 15 is 0 Å². The number of Topliss-reactive ketones (excluding diaryl/α,β-unsaturated/α-hetero) is 2. The smallest absolute Gasteiger partial charge is 0.283 e. The highest BCUT2D eigenvalue weighted by molar-refractivity contribution is 7.99. The minimum absolute atomic E-state index is 0.0139. The van der Waals surface area contributed by atoms with Crippen LogP contribution in [0.1, 0.15) is 26.3 Å². The number of allylic oxidation sites excluding steroid dienone is 1. The monoisotopic (exact) mass is 391 g/mol. The zero-order valence-corrected chi connectivity index (χ0v) is 15.5. The minimum Gasteiger partial charge on any atom is -0.329 e. The normalized spacial score (nSPS) is 13.0. The lowest BCUT2D eigenvalue weighted by molar-refractivity contribution is -0.387. The lowest BCUT2D eigenvalue weighted by Crippen LogP contribution is -2.00. The van der Waals surface area contributed by atoms with Gasteiger partial charge in [0, 0.05) is 36.6 Å². The number of hydrogen-bond donors (Lipinski definition) is 0. The van der Waals surface area contributed by atoms with Gasteiger partial charge in [0.2, 0.25) is 0 Å². The van der Waals surface area contributed by atoms with E-state index < -0.39 is 4.92 Å². The maximum Gasteiger partial charge on any atom is 0.283 e. The SMILES string of the molecule is Cn1ccnc1Sc1ccc(C=C2C(=O)c3ccccc3C2=O)cc1[N+](=O)[O-]. The summed E-state index contributed by atoms with van der Waals surface area (Å²) in [6.45, 7) is 0. The van der Waals surface area contributed by atoms with Crippen molar-refractivity contribution in [1.82, 2.24) is 9.55 Å². The van der Waals surface area contributed by atoms with Crippen molar-refractivity contribution in [1.29, 1.82) is 0 Å². The number of aromatic nitrogens is 2. The molecule has 0 saturated carbocycles. The third kappa shape index (κ3) is 3.03. The standard InChI is InChI=1S/C20H13N3O4S/c1-22-9-8-21-20(22)28-17-7-6-12(11-16(17)23(26)27)10-15-18(24)13-4-2-3-5-14(13)19(15)25/h2-11H,1H3. The van der Waals surface area contributed by atoms with Gasteiger partial charge in [-0.15, -0.1) is 0 Å². The molecule has 0 unspecified atom stereocenters. The average Bonchev–Trinajstić information content (AvgIpc) is 3.19. The molecule has 0 bridgehead atoms. The van der Waals surface area contributed by atoms with Gasteiger partial charge < -0.3 is 4.57 Å². The van der Waals surface area contributed by atoms with Crippen molar-refractivity contribution in [3.05, 3.63) is 87.2 Å². The van der Waals surface area contributed by atoms with Gasteiger partial charge in [0.1, 0.15) is 0 Å². The van der Waals surface area contributed by atoms with Crippen molar-refractivity contribution in [3.8, 4) is 0 Å². The lowest BCUT2D eigenvalue weighted by Gasteiger charge is -2.04. The largest absolute Gasteiger partial charge is 0.329 e. The van der Waals surface area contributed by atoms with Crippen LogP contribution in [0.4, 0.5) is 5.69 Å². The van der Waals surface area contributed by atoms with E-state index in [2.05, 4.69) is 4.98 Å². The molecule has 138 valence electrons. The van der Waals surface area contributed by atoms with Crippen LogP contribution < -0.4 is 0 Å². The number of aryl methyl sites for hydroxylation is 1.